The van der Waals surface area contributed by atoms with Crippen molar-refractivity contribution in [3.8, 4) is 17.3 Å². The van der Waals surface area contributed by atoms with Crippen molar-refractivity contribution in [2.45, 2.75) is 56.7 Å². The van der Waals surface area contributed by atoms with Crippen LogP contribution in [0, 0.1) is 17.5 Å². The minimum Gasteiger partial charge on any atom is -0.461 e. The van der Waals surface area contributed by atoms with Crippen LogP contribution < -0.4 is 9.64 Å². The summed E-state index contributed by atoms with van der Waals surface area (Å²) in [7, 11) is 5.79. The Labute approximate surface area is 284 Å². The van der Waals surface area contributed by atoms with Gasteiger partial charge >= 0.3 is 6.01 Å². The van der Waals surface area contributed by atoms with Crippen molar-refractivity contribution in [2.75, 3.05) is 58.8 Å². The smallest absolute Gasteiger partial charge is 0.319 e. The van der Waals surface area contributed by atoms with E-state index < -0.39 is 17.5 Å². The summed E-state index contributed by atoms with van der Waals surface area (Å²) in [6.07, 6.45) is 9.92. The molecule has 2 aromatic heterocycles. The van der Waals surface area contributed by atoms with Crippen LogP contribution in [0.3, 0.4) is 0 Å². The van der Waals surface area contributed by atoms with Gasteiger partial charge in [-0.25, -0.2) is 13.2 Å². The quantitative estimate of drug-likeness (QED) is 0.206. The number of carbonyl (C=O) groups excluding carboxylic acids is 1. The first kappa shape index (κ1) is 33.2. The van der Waals surface area contributed by atoms with Gasteiger partial charge in [0.05, 0.1) is 10.9 Å². The van der Waals surface area contributed by atoms with Crippen molar-refractivity contribution in [1.29, 1.82) is 0 Å². The normalized spacial score (nSPS) is 19.8. The highest BCUT2D eigenvalue weighted by molar-refractivity contribution is 5.99. The van der Waals surface area contributed by atoms with Crippen LogP contribution in [0.25, 0.3) is 32.9 Å². The first-order valence-corrected chi connectivity index (χ1v) is 17.0. The molecule has 49 heavy (non-hydrogen) atoms. The van der Waals surface area contributed by atoms with Crippen LogP contribution in [0.1, 0.15) is 39.0 Å². The zero-order valence-corrected chi connectivity index (χ0v) is 28.4. The van der Waals surface area contributed by atoms with Gasteiger partial charge in [0.1, 0.15) is 23.6 Å². The summed E-state index contributed by atoms with van der Waals surface area (Å²) < 4.78 is 52.6. The topological polar surface area (TPSA) is 77.9 Å². The van der Waals surface area contributed by atoms with Gasteiger partial charge in [0, 0.05) is 55.4 Å². The van der Waals surface area contributed by atoms with Crippen molar-refractivity contribution in [3.63, 3.8) is 0 Å². The van der Waals surface area contributed by atoms with E-state index in [1.807, 2.05) is 43.9 Å². The Morgan fingerprint density at radius 1 is 1.06 bits per heavy atom. The summed E-state index contributed by atoms with van der Waals surface area (Å²) in [5, 5.41) is 0.727. The van der Waals surface area contributed by atoms with E-state index in [-0.39, 0.29) is 51.7 Å². The zero-order valence-electron chi connectivity index (χ0n) is 28.4. The SMILES string of the molecule is CC(/C=C/C(=O)N1CCC(N(C)c2nc(OCC34CCCN3CCC4)nc3c(F)c(-c4cccc5ccc(F)c(F)c45)ncc23)C1)N(C)C. The highest BCUT2D eigenvalue weighted by Gasteiger charge is 2.45. The molecule has 3 aliphatic heterocycles. The summed E-state index contributed by atoms with van der Waals surface area (Å²) in [6.45, 7) is 5.50. The lowest BCUT2D eigenvalue weighted by atomic mass is 9.95. The molecule has 0 radical (unpaired) electrons. The maximum absolute atomic E-state index is 16.7. The number of hydrogen-bond donors (Lipinski definition) is 0. The number of pyridine rings is 1. The molecule has 3 aliphatic rings. The fourth-order valence-corrected chi connectivity index (χ4v) is 7.64. The van der Waals surface area contributed by atoms with Gasteiger partial charge in [-0.3, -0.25) is 14.7 Å². The predicted molar refractivity (Wildman–Crippen MR) is 184 cm³/mol. The molecule has 0 N–H and O–H groups in total. The molecule has 2 aromatic carbocycles. The molecule has 0 spiro atoms. The number of amides is 1. The second-order valence-electron chi connectivity index (χ2n) is 13.9. The molecule has 7 rings (SSSR count). The molecule has 3 saturated heterocycles. The maximum atomic E-state index is 16.7. The van der Waals surface area contributed by atoms with E-state index in [4.69, 9.17) is 9.72 Å². The third-order valence-electron chi connectivity index (χ3n) is 10.8. The van der Waals surface area contributed by atoms with E-state index in [0.717, 1.165) is 44.8 Å². The van der Waals surface area contributed by atoms with E-state index in [9.17, 15) is 9.18 Å². The standard InChI is InChI=1S/C37H42F3N7O2/c1-23(44(2)3)10-13-29(48)46-19-14-25(21-46)45(4)35-27-20-41-33(26-9-5-8-24-11-12-28(38)31(39)30(24)26)32(40)34(27)42-36(43-35)49-22-37-15-6-17-47(37)18-7-16-37/h5,8-13,20,23,25H,6-7,14-19,21-22H2,1-4H3/b13-10+. The van der Waals surface area contributed by atoms with E-state index in [2.05, 4.69) is 14.9 Å². The Hall–Kier alpha value is -4.29. The number of nitrogens with zero attached hydrogens (tertiary/aromatic N) is 7. The number of rotatable bonds is 9. The fourth-order valence-electron chi connectivity index (χ4n) is 7.64. The van der Waals surface area contributed by atoms with Crippen molar-refractivity contribution in [1.82, 2.24) is 29.7 Å². The van der Waals surface area contributed by atoms with Gasteiger partial charge in [-0.2, -0.15) is 9.97 Å². The van der Waals surface area contributed by atoms with Gasteiger partial charge in [0.15, 0.2) is 17.5 Å². The number of benzene rings is 2. The highest BCUT2D eigenvalue weighted by atomic mass is 19.2. The Bertz CT molecular complexity index is 1930. The Kier molecular flexibility index (Phi) is 8.95. The second kappa shape index (κ2) is 13.2. The predicted octanol–water partition coefficient (Wildman–Crippen LogP) is 5.81. The lowest BCUT2D eigenvalue weighted by Gasteiger charge is -2.31. The average Bonchev–Trinajstić information content (AvgIpc) is 3.84. The molecule has 2 atom stereocenters. The minimum atomic E-state index is -1.06. The summed E-state index contributed by atoms with van der Waals surface area (Å²) in [6, 6.07) is 7.40. The van der Waals surface area contributed by atoms with E-state index in [0.29, 0.717) is 42.7 Å². The monoisotopic (exact) mass is 673 g/mol. The third-order valence-corrected chi connectivity index (χ3v) is 10.8. The van der Waals surface area contributed by atoms with E-state index >= 15 is 8.78 Å². The zero-order chi connectivity index (χ0) is 34.4. The third kappa shape index (κ3) is 6.09. The molecule has 0 aliphatic carbocycles. The Morgan fingerprint density at radius 3 is 2.59 bits per heavy atom. The molecule has 258 valence electrons. The molecule has 1 amide bonds. The van der Waals surface area contributed by atoms with Gasteiger partial charge in [0.25, 0.3) is 0 Å². The minimum absolute atomic E-state index is 0.0237. The number of halogens is 3. The van der Waals surface area contributed by atoms with Crippen LogP contribution in [0.4, 0.5) is 19.0 Å². The van der Waals surface area contributed by atoms with Crippen LogP contribution in [0.15, 0.2) is 48.7 Å². The average molecular weight is 674 g/mol. The molecule has 2 unspecified atom stereocenters. The summed E-state index contributed by atoms with van der Waals surface area (Å²) in [5.41, 5.74) is -0.128. The maximum Gasteiger partial charge on any atom is 0.319 e. The van der Waals surface area contributed by atoms with Crippen LogP contribution >= 0.6 is 0 Å². The van der Waals surface area contributed by atoms with Crippen molar-refractivity contribution >= 4 is 33.4 Å². The molecule has 0 bridgehead atoms. The van der Waals surface area contributed by atoms with Crippen molar-refractivity contribution < 1.29 is 22.7 Å². The molecular weight excluding hydrogens is 631 g/mol. The number of carbonyl (C=O) groups is 1. The van der Waals surface area contributed by atoms with Gasteiger partial charge in [-0.05, 0) is 77.7 Å². The van der Waals surface area contributed by atoms with E-state index in [1.165, 1.54) is 18.3 Å². The number of fused-ring (bicyclic) bond motifs is 3. The fraction of sp³-hybridized carbons (Fsp3) is 0.459. The van der Waals surface area contributed by atoms with Crippen LogP contribution in [-0.4, -0.2) is 107 Å². The highest BCUT2D eigenvalue weighted by Crippen LogP contribution is 2.40. The summed E-state index contributed by atoms with van der Waals surface area (Å²) >= 11 is 0. The van der Waals surface area contributed by atoms with Gasteiger partial charge in [-0.1, -0.05) is 30.3 Å². The number of likely N-dealkylation sites (N-methyl/N-ethyl adjacent to an activating group) is 2. The molecule has 0 saturated carbocycles. The summed E-state index contributed by atoms with van der Waals surface area (Å²) in [5.74, 6) is -2.50. The lowest BCUT2D eigenvalue weighted by Crippen LogP contribution is -2.43. The van der Waals surface area contributed by atoms with Crippen LogP contribution in [-0.2, 0) is 4.79 Å². The van der Waals surface area contributed by atoms with Gasteiger partial charge in [0.2, 0.25) is 5.91 Å². The molecule has 5 heterocycles. The molecule has 3 fully saturated rings. The Morgan fingerprint density at radius 2 is 1.84 bits per heavy atom. The summed E-state index contributed by atoms with van der Waals surface area (Å²) in [4.78, 5) is 35.1. The number of likely N-dealkylation sites (tertiary alicyclic amines) is 1. The number of hydrogen-bond acceptors (Lipinski definition) is 8. The number of aromatic nitrogens is 3. The molecule has 9 nitrogen and oxygen atoms in total. The first-order chi connectivity index (χ1) is 23.6. The lowest BCUT2D eigenvalue weighted by molar-refractivity contribution is -0.125. The van der Waals surface area contributed by atoms with Crippen LogP contribution in [0.2, 0.25) is 0 Å². The number of anilines is 1. The molecular formula is C37H42F3N7O2. The van der Waals surface area contributed by atoms with Crippen molar-refractivity contribution in [3.05, 3.63) is 66.1 Å². The number of ether oxygens (including phenoxy) is 1. The molecule has 4 aromatic rings. The van der Waals surface area contributed by atoms with E-state index in [1.54, 1.807) is 23.1 Å². The second-order valence-corrected chi connectivity index (χ2v) is 13.9. The van der Waals surface area contributed by atoms with Crippen molar-refractivity contribution in [2.24, 2.45) is 0 Å². The largest absolute Gasteiger partial charge is 0.461 e. The van der Waals surface area contributed by atoms with Gasteiger partial charge in [-0.15, -0.1) is 0 Å². The molecule has 12 heteroatoms. The van der Waals surface area contributed by atoms with Crippen LogP contribution in [0.5, 0.6) is 6.01 Å². The van der Waals surface area contributed by atoms with Gasteiger partial charge < -0.3 is 19.4 Å². The first-order valence-electron chi connectivity index (χ1n) is 17.0. The Balaban J connectivity index is 1.26.